The molecule has 0 N–H and O–H groups in total. The summed E-state index contributed by atoms with van der Waals surface area (Å²) < 4.78 is 15.4. The summed E-state index contributed by atoms with van der Waals surface area (Å²) in [5, 5.41) is 0. The Morgan fingerprint density at radius 3 is 2.33 bits per heavy atom. The maximum Gasteiger partial charge on any atom is 0.230 e. The second-order valence-corrected chi connectivity index (χ2v) is 8.33. The number of benzene rings is 3. The van der Waals surface area contributed by atoms with Crippen LogP contribution in [0.4, 0.5) is 10.3 Å². The molecule has 1 saturated heterocycles. The molecule has 1 aromatic heterocycles. The number of likely N-dealkylation sites (tertiary alicyclic amines) is 1. The predicted octanol–water partition coefficient (Wildman–Crippen LogP) is 5.16. The Balaban J connectivity index is 1.33. The number of fused-ring (bicyclic) bond motifs is 1. The lowest BCUT2D eigenvalue weighted by molar-refractivity contribution is -0.130. The maximum atomic E-state index is 13.3. The van der Waals surface area contributed by atoms with Crippen LogP contribution in [-0.2, 0) is 17.8 Å². The first kappa shape index (κ1) is 21.1. The Labute approximate surface area is 192 Å². The molecular weight excluding hydrogens is 415 g/mol. The third-order valence-corrected chi connectivity index (χ3v) is 6.04. The topological polar surface area (TPSA) is 50.5 Å². The van der Waals surface area contributed by atoms with E-state index in [2.05, 4.69) is 4.57 Å². The van der Waals surface area contributed by atoms with E-state index in [1.807, 2.05) is 59.5 Å². The average Bonchev–Trinajstić information content (AvgIpc) is 3.18. The van der Waals surface area contributed by atoms with E-state index in [4.69, 9.17) is 9.98 Å². The molecule has 2 heterocycles. The molecule has 5 nitrogen and oxygen atoms in total. The second kappa shape index (κ2) is 9.36. The van der Waals surface area contributed by atoms with Crippen LogP contribution in [0.25, 0.3) is 11.0 Å². The van der Waals surface area contributed by atoms with E-state index in [-0.39, 0.29) is 11.7 Å². The minimum absolute atomic E-state index is 0.156. The van der Waals surface area contributed by atoms with Crippen LogP contribution >= 0.6 is 0 Å². The van der Waals surface area contributed by atoms with E-state index in [0.717, 1.165) is 40.7 Å². The van der Waals surface area contributed by atoms with Gasteiger partial charge in [-0.05, 0) is 35.4 Å². The van der Waals surface area contributed by atoms with Crippen molar-refractivity contribution in [3.05, 3.63) is 95.8 Å². The van der Waals surface area contributed by atoms with Gasteiger partial charge in [-0.2, -0.15) is 0 Å². The lowest BCUT2D eigenvalue weighted by Gasteiger charge is -2.28. The molecule has 33 heavy (non-hydrogen) atoms. The van der Waals surface area contributed by atoms with Crippen molar-refractivity contribution >= 4 is 28.6 Å². The fourth-order valence-corrected chi connectivity index (χ4v) is 4.23. The third-order valence-electron chi connectivity index (χ3n) is 6.04. The van der Waals surface area contributed by atoms with Gasteiger partial charge in [0.25, 0.3) is 0 Å². The number of nitrogens with zero attached hydrogens (tertiary/aromatic N) is 4. The van der Waals surface area contributed by atoms with Gasteiger partial charge in [-0.15, -0.1) is 0 Å². The number of aliphatic imine (C=N–C) groups is 1. The summed E-state index contributed by atoms with van der Waals surface area (Å²) in [4.78, 5) is 24.3. The molecule has 1 aliphatic heterocycles. The molecule has 3 aromatic carbocycles. The molecule has 0 bridgehead atoms. The summed E-state index contributed by atoms with van der Waals surface area (Å²) in [5.41, 5.74) is 4.96. The molecule has 4 aromatic rings. The van der Waals surface area contributed by atoms with Crippen molar-refractivity contribution in [1.29, 1.82) is 0 Å². The van der Waals surface area contributed by atoms with Crippen LogP contribution in [-0.4, -0.2) is 39.2 Å². The molecule has 1 fully saturated rings. The van der Waals surface area contributed by atoms with Gasteiger partial charge >= 0.3 is 0 Å². The Morgan fingerprint density at radius 1 is 0.879 bits per heavy atom. The maximum absolute atomic E-state index is 13.3. The Morgan fingerprint density at radius 2 is 1.58 bits per heavy atom. The first-order valence-corrected chi connectivity index (χ1v) is 11.2. The summed E-state index contributed by atoms with van der Waals surface area (Å²) in [7, 11) is 0. The molecule has 0 radical (unpaired) electrons. The molecule has 1 amide bonds. The van der Waals surface area contributed by atoms with Crippen LogP contribution < -0.4 is 0 Å². The van der Waals surface area contributed by atoms with Crippen molar-refractivity contribution in [2.45, 2.75) is 25.8 Å². The fourth-order valence-electron chi connectivity index (χ4n) is 4.23. The van der Waals surface area contributed by atoms with Crippen molar-refractivity contribution in [1.82, 2.24) is 14.5 Å². The summed E-state index contributed by atoms with van der Waals surface area (Å²) in [6.07, 6.45) is 1.90. The number of piperidine rings is 1. The summed E-state index contributed by atoms with van der Waals surface area (Å²) in [6, 6.07) is 24.3. The van der Waals surface area contributed by atoms with E-state index in [1.54, 1.807) is 12.1 Å². The molecular formula is C27H25FN4O. The summed E-state index contributed by atoms with van der Waals surface area (Å²) in [6.45, 7) is 1.90. The van der Waals surface area contributed by atoms with Gasteiger partial charge in [0.05, 0.1) is 24.0 Å². The Hall–Kier alpha value is -3.80. The van der Waals surface area contributed by atoms with Crippen molar-refractivity contribution in [2.75, 3.05) is 13.1 Å². The van der Waals surface area contributed by atoms with Gasteiger partial charge in [-0.3, -0.25) is 4.79 Å². The number of para-hydroxylation sites is 2. The van der Waals surface area contributed by atoms with E-state index in [0.29, 0.717) is 32.0 Å². The molecule has 6 heteroatoms. The highest BCUT2D eigenvalue weighted by molar-refractivity contribution is 5.90. The molecule has 0 spiro atoms. The molecule has 0 aliphatic carbocycles. The van der Waals surface area contributed by atoms with Gasteiger partial charge in [-0.1, -0.05) is 54.6 Å². The van der Waals surface area contributed by atoms with Crippen LogP contribution in [0.1, 0.15) is 24.0 Å². The number of imidazole rings is 1. The SMILES string of the molecule is O=C(Cc1ccccc1)N1CCC(=Nc2nc3ccccc3n2Cc2ccc(F)cc2)CC1. The highest BCUT2D eigenvalue weighted by Gasteiger charge is 2.21. The van der Waals surface area contributed by atoms with Gasteiger partial charge in [0.2, 0.25) is 11.9 Å². The largest absolute Gasteiger partial charge is 0.342 e. The van der Waals surface area contributed by atoms with Crippen molar-refractivity contribution in [2.24, 2.45) is 4.99 Å². The highest BCUT2D eigenvalue weighted by atomic mass is 19.1. The zero-order valence-corrected chi connectivity index (χ0v) is 18.3. The van der Waals surface area contributed by atoms with Gasteiger partial charge in [0.15, 0.2) is 0 Å². The standard InChI is InChI=1S/C27H25FN4O/c28-22-12-10-21(11-13-22)19-32-25-9-5-4-8-24(25)30-27(32)29-23-14-16-31(17-15-23)26(33)18-20-6-2-1-3-7-20/h1-13H,14-19H2. The van der Waals surface area contributed by atoms with E-state index in [9.17, 15) is 9.18 Å². The van der Waals surface area contributed by atoms with Crippen LogP contribution in [0.3, 0.4) is 0 Å². The first-order valence-electron chi connectivity index (χ1n) is 11.2. The lowest BCUT2D eigenvalue weighted by Crippen LogP contribution is -2.39. The van der Waals surface area contributed by atoms with Crippen molar-refractivity contribution in [3.63, 3.8) is 0 Å². The number of hydrogen-bond acceptors (Lipinski definition) is 3. The molecule has 0 unspecified atom stereocenters. The lowest BCUT2D eigenvalue weighted by atomic mass is 10.1. The zero-order chi connectivity index (χ0) is 22.6. The predicted molar refractivity (Wildman–Crippen MR) is 128 cm³/mol. The zero-order valence-electron chi connectivity index (χ0n) is 18.3. The fraction of sp³-hybridized carbons (Fsp3) is 0.222. The van der Waals surface area contributed by atoms with Gasteiger partial charge in [-0.25, -0.2) is 14.4 Å². The number of carbonyl (C=O) groups excluding carboxylic acids is 1. The van der Waals surface area contributed by atoms with Crippen molar-refractivity contribution in [3.8, 4) is 0 Å². The smallest absolute Gasteiger partial charge is 0.230 e. The van der Waals surface area contributed by atoms with Gasteiger partial charge in [0.1, 0.15) is 5.82 Å². The number of rotatable bonds is 5. The van der Waals surface area contributed by atoms with E-state index >= 15 is 0 Å². The second-order valence-electron chi connectivity index (χ2n) is 8.33. The Bertz CT molecular complexity index is 1280. The van der Waals surface area contributed by atoms with Crippen LogP contribution in [0.2, 0.25) is 0 Å². The molecule has 5 rings (SSSR count). The number of aromatic nitrogens is 2. The molecule has 0 saturated carbocycles. The monoisotopic (exact) mass is 440 g/mol. The highest BCUT2D eigenvalue weighted by Crippen LogP contribution is 2.25. The normalized spacial score (nSPS) is 14.0. The van der Waals surface area contributed by atoms with Crippen LogP contribution in [0, 0.1) is 5.82 Å². The van der Waals surface area contributed by atoms with Crippen LogP contribution in [0.15, 0.2) is 83.9 Å². The number of carbonyl (C=O) groups is 1. The van der Waals surface area contributed by atoms with Gasteiger partial charge in [0, 0.05) is 31.6 Å². The Kier molecular flexibility index (Phi) is 5.98. The van der Waals surface area contributed by atoms with Crippen LogP contribution in [0.5, 0.6) is 0 Å². The van der Waals surface area contributed by atoms with Crippen molar-refractivity contribution < 1.29 is 9.18 Å². The molecule has 166 valence electrons. The molecule has 1 aliphatic rings. The summed E-state index contributed by atoms with van der Waals surface area (Å²) >= 11 is 0. The number of hydrogen-bond donors (Lipinski definition) is 0. The van der Waals surface area contributed by atoms with E-state index < -0.39 is 0 Å². The average molecular weight is 441 g/mol. The van der Waals surface area contributed by atoms with E-state index in [1.165, 1.54) is 12.1 Å². The minimum Gasteiger partial charge on any atom is -0.342 e. The summed E-state index contributed by atoms with van der Waals surface area (Å²) in [5.74, 6) is 0.562. The molecule has 0 atom stereocenters. The first-order chi connectivity index (χ1) is 16.2. The van der Waals surface area contributed by atoms with Gasteiger partial charge < -0.3 is 9.47 Å². The quantitative estimate of drug-likeness (QED) is 0.430. The number of amides is 1. The third kappa shape index (κ3) is 4.85. The minimum atomic E-state index is -0.247. The number of halogens is 1.